The zero-order valence-corrected chi connectivity index (χ0v) is 19.8. The number of nitrogens with zero attached hydrogens (tertiary/aromatic N) is 2. The second-order valence-electron chi connectivity index (χ2n) is 9.46. The van der Waals surface area contributed by atoms with E-state index >= 15 is 4.39 Å². The van der Waals surface area contributed by atoms with Gasteiger partial charge in [-0.05, 0) is 56.1 Å². The fraction of sp³-hybridized carbons (Fsp3) is 0.233. The summed E-state index contributed by atoms with van der Waals surface area (Å²) in [6.07, 6.45) is 3.92. The SMILES string of the molecule is Cc1ccc2c(oc3c(C4CCC(c5ccccc5)N4C)c(F)ccc32)c1-c1cccc[n+]1C. The maximum Gasteiger partial charge on any atom is 0.216 e. The number of pyridine rings is 1. The molecule has 1 aliphatic rings. The number of hydrogen-bond acceptors (Lipinski definition) is 2. The van der Waals surface area contributed by atoms with Crippen molar-refractivity contribution in [3.8, 4) is 11.3 Å². The molecule has 34 heavy (non-hydrogen) atoms. The van der Waals surface area contributed by atoms with Crippen LogP contribution in [0.5, 0.6) is 0 Å². The lowest BCUT2D eigenvalue weighted by molar-refractivity contribution is -0.660. The van der Waals surface area contributed by atoms with Crippen LogP contribution in [0.25, 0.3) is 33.2 Å². The maximum atomic E-state index is 15.5. The van der Waals surface area contributed by atoms with Gasteiger partial charge in [-0.2, -0.15) is 0 Å². The summed E-state index contributed by atoms with van der Waals surface area (Å²) in [5.41, 5.74) is 6.72. The van der Waals surface area contributed by atoms with Gasteiger partial charge in [-0.15, -0.1) is 0 Å². The van der Waals surface area contributed by atoms with Gasteiger partial charge in [0.05, 0.1) is 5.56 Å². The molecule has 0 amide bonds. The summed E-state index contributed by atoms with van der Waals surface area (Å²) < 4.78 is 24.2. The standard InChI is InChI=1S/C30H28FN2O/c1-19-12-13-21-22-14-15-23(31)28(26-17-16-24(33(26)3)20-9-5-4-6-10-20)30(22)34-29(21)27(19)25-11-7-8-18-32(25)2/h4-15,18,24,26H,16-17H2,1-3H3/q+1. The van der Waals surface area contributed by atoms with Crippen LogP contribution in [-0.2, 0) is 7.05 Å². The molecule has 2 unspecified atom stereocenters. The number of hydrogen-bond donors (Lipinski definition) is 0. The third kappa shape index (κ3) is 3.17. The zero-order chi connectivity index (χ0) is 23.4. The van der Waals surface area contributed by atoms with Crippen molar-refractivity contribution >= 4 is 21.9 Å². The van der Waals surface area contributed by atoms with Gasteiger partial charge in [0.25, 0.3) is 0 Å². The van der Waals surface area contributed by atoms with E-state index in [-0.39, 0.29) is 17.9 Å². The minimum atomic E-state index is -0.194. The van der Waals surface area contributed by atoms with Gasteiger partial charge in [0.2, 0.25) is 5.69 Å². The molecule has 5 aromatic rings. The van der Waals surface area contributed by atoms with E-state index < -0.39 is 0 Å². The van der Waals surface area contributed by atoms with Crippen LogP contribution < -0.4 is 4.57 Å². The first-order valence-corrected chi connectivity index (χ1v) is 11.9. The lowest BCUT2D eigenvalue weighted by atomic mass is 9.98. The molecule has 6 rings (SSSR count). The number of likely N-dealkylation sites (tertiary alicyclic amines) is 1. The van der Waals surface area contributed by atoms with Crippen molar-refractivity contribution in [2.24, 2.45) is 7.05 Å². The van der Waals surface area contributed by atoms with Crippen LogP contribution in [0.3, 0.4) is 0 Å². The van der Waals surface area contributed by atoms with E-state index in [2.05, 4.69) is 65.9 Å². The van der Waals surface area contributed by atoms with Crippen molar-refractivity contribution in [2.75, 3.05) is 7.05 Å². The van der Waals surface area contributed by atoms with Crippen molar-refractivity contribution in [2.45, 2.75) is 31.8 Å². The molecule has 0 bridgehead atoms. The molecular formula is C30H28FN2O+. The van der Waals surface area contributed by atoms with E-state index in [1.807, 2.05) is 37.5 Å². The Morgan fingerprint density at radius 2 is 1.56 bits per heavy atom. The average Bonchev–Trinajstić information content (AvgIpc) is 3.41. The predicted molar refractivity (Wildman–Crippen MR) is 134 cm³/mol. The molecule has 0 aliphatic carbocycles. The van der Waals surface area contributed by atoms with E-state index in [1.54, 1.807) is 6.07 Å². The zero-order valence-electron chi connectivity index (χ0n) is 19.8. The molecule has 2 aromatic heterocycles. The Kier molecular flexibility index (Phi) is 5.00. The molecule has 1 fully saturated rings. The first-order chi connectivity index (χ1) is 16.5. The molecule has 1 saturated heterocycles. The third-order valence-corrected chi connectivity index (χ3v) is 7.53. The molecule has 3 nitrogen and oxygen atoms in total. The van der Waals surface area contributed by atoms with E-state index in [4.69, 9.17) is 4.42 Å². The van der Waals surface area contributed by atoms with Gasteiger partial charge in [0.1, 0.15) is 24.0 Å². The summed E-state index contributed by atoms with van der Waals surface area (Å²) in [4.78, 5) is 2.31. The number of benzene rings is 3. The molecule has 0 radical (unpaired) electrons. The fourth-order valence-corrected chi connectivity index (χ4v) is 5.78. The molecule has 1 aliphatic heterocycles. The van der Waals surface area contributed by atoms with Gasteiger partial charge >= 0.3 is 0 Å². The number of rotatable bonds is 3. The van der Waals surface area contributed by atoms with Gasteiger partial charge in [-0.1, -0.05) is 42.5 Å². The van der Waals surface area contributed by atoms with Crippen molar-refractivity contribution in [3.05, 3.63) is 102 Å². The van der Waals surface area contributed by atoms with Crippen LogP contribution >= 0.6 is 0 Å². The molecule has 170 valence electrons. The van der Waals surface area contributed by atoms with Crippen LogP contribution in [0, 0.1) is 12.7 Å². The van der Waals surface area contributed by atoms with Gasteiger partial charge in [0.15, 0.2) is 6.20 Å². The minimum absolute atomic E-state index is 0.0353. The topological polar surface area (TPSA) is 20.3 Å². The highest BCUT2D eigenvalue weighted by atomic mass is 19.1. The first kappa shape index (κ1) is 21.1. The van der Waals surface area contributed by atoms with Gasteiger partial charge < -0.3 is 4.42 Å². The highest BCUT2D eigenvalue weighted by molar-refractivity contribution is 6.10. The molecule has 0 saturated carbocycles. The highest BCUT2D eigenvalue weighted by Crippen LogP contribution is 2.47. The lowest BCUT2D eigenvalue weighted by Crippen LogP contribution is -2.30. The third-order valence-electron chi connectivity index (χ3n) is 7.53. The molecule has 2 atom stereocenters. The van der Waals surface area contributed by atoms with Crippen molar-refractivity contribution in [3.63, 3.8) is 0 Å². The summed E-state index contributed by atoms with van der Waals surface area (Å²) in [6.45, 7) is 2.10. The Morgan fingerprint density at radius 1 is 0.853 bits per heavy atom. The molecule has 0 N–H and O–H groups in total. The second-order valence-corrected chi connectivity index (χ2v) is 9.46. The maximum absolute atomic E-state index is 15.5. The van der Waals surface area contributed by atoms with E-state index in [0.29, 0.717) is 11.1 Å². The average molecular weight is 452 g/mol. The fourth-order valence-electron chi connectivity index (χ4n) is 5.78. The number of fused-ring (bicyclic) bond motifs is 3. The number of aryl methyl sites for hydroxylation is 2. The quantitative estimate of drug-likeness (QED) is 0.274. The molecular weight excluding hydrogens is 423 g/mol. The number of furan rings is 1. The molecule has 0 spiro atoms. The Bertz CT molecular complexity index is 1520. The highest BCUT2D eigenvalue weighted by Gasteiger charge is 2.36. The van der Waals surface area contributed by atoms with Crippen LogP contribution in [0.4, 0.5) is 4.39 Å². The summed E-state index contributed by atoms with van der Waals surface area (Å²) in [5.74, 6) is -0.194. The van der Waals surface area contributed by atoms with Crippen molar-refractivity contribution in [1.82, 2.24) is 4.90 Å². The summed E-state index contributed by atoms with van der Waals surface area (Å²) >= 11 is 0. The van der Waals surface area contributed by atoms with Gasteiger partial charge in [-0.3, -0.25) is 4.90 Å². The number of aromatic nitrogens is 1. The van der Waals surface area contributed by atoms with Gasteiger partial charge in [-0.25, -0.2) is 8.96 Å². The van der Waals surface area contributed by atoms with Crippen LogP contribution in [0.1, 0.15) is 41.6 Å². The Morgan fingerprint density at radius 3 is 2.35 bits per heavy atom. The summed E-state index contributed by atoms with van der Waals surface area (Å²) in [7, 11) is 4.15. The largest absolute Gasteiger partial charge is 0.455 e. The Hall–Kier alpha value is -3.50. The van der Waals surface area contributed by atoms with Crippen LogP contribution in [0.15, 0.2) is 83.4 Å². The Labute approximate surface area is 199 Å². The summed E-state index contributed by atoms with van der Waals surface area (Å²) in [6, 6.07) is 24.6. The van der Waals surface area contributed by atoms with E-state index in [9.17, 15) is 0 Å². The van der Waals surface area contributed by atoms with E-state index in [1.165, 1.54) is 5.56 Å². The van der Waals surface area contributed by atoms with Crippen LogP contribution in [0.2, 0.25) is 0 Å². The number of halogens is 1. The molecule has 3 aromatic carbocycles. The van der Waals surface area contributed by atoms with Gasteiger partial charge in [0, 0.05) is 40.6 Å². The minimum Gasteiger partial charge on any atom is -0.455 e. The predicted octanol–water partition coefficient (Wildman–Crippen LogP) is 7.03. The Balaban J connectivity index is 1.55. The molecule has 4 heteroatoms. The van der Waals surface area contributed by atoms with E-state index in [0.717, 1.165) is 46.0 Å². The van der Waals surface area contributed by atoms with Crippen LogP contribution in [-0.4, -0.2) is 11.9 Å². The smallest absolute Gasteiger partial charge is 0.216 e. The molecule has 3 heterocycles. The monoisotopic (exact) mass is 451 g/mol. The van der Waals surface area contributed by atoms with Crippen molar-refractivity contribution in [1.29, 1.82) is 0 Å². The first-order valence-electron chi connectivity index (χ1n) is 11.9. The normalized spacial score (nSPS) is 18.8. The lowest BCUT2D eigenvalue weighted by Gasteiger charge is -2.26. The second kappa shape index (κ2) is 8.07. The van der Waals surface area contributed by atoms with Crippen molar-refractivity contribution < 1.29 is 13.4 Å². The summed E-state index contributed by atoms with van der Waals surface area (Å²) in [5, 5.41) is 2.00.